The fourth-order valence-corrected chi connectivity index (χ4v) is 1.42. The molecule has 0 aliphatic heterocycles. The summed E-state index contributed by atoms with van der Waals surface area (Å²) in [5.41, 5.74) is -1.06. The minimum absolute atomic E-state index is 0.0359. The van der Waals surface area contributed by atoms with Crippen LogP contribution in [0.4, 0.5) is 11.4 Å². The number of alkyl halides is 1. The Morgan fingerprint density at radius 3 is 2.44 bits per heavy atom. The van der Waals surface area contributed by atoms with Crippen LogP contribution in [-0.4, -0.2) is 21.1 Å². The van der Waals surface area contributed by atoms with E-state index in [0.717, 1.165) is 18.2 Å². The van der Waals surface area contributed by atoms with Gasteiger partial charge in [-0.15, -0.1) is 0 Å². The maximum absolute atomic E-state index is 11.2. The first-order valence-electron chi connectivity index (χ1n) is 4.65. The van der Waals surface area contributed by atoms with E-state index in [4.69, 9.17) is 4.74 Å². The van der Waals surface area contributed by atoms with E-state index in [-0.39, 0.29) is 12.2 Å². The van der Waals surface area contributed by atoms with E-state index in [2.05, 4.69) is 15.9 Å². The van der Waals surface area contributed by atoms with Gasteiger partial charge in [-0.25, -0.2) is 0 Å². The smallest absolute Gasteiger partial charge is 0.318 e. The first-order valence-corrected chi connectivity index (χ1v) is 5.77. The number of carbonyl (C=O) groups is 1. The molecule has 0 aliphatic rings. The number of halogens is 1. The minimum Gasteiger partial charge on any atom is -0.419 e. The largest absolute Gasteiger partial charge is 0.419 e. The molecule has 0 aromatic heterocycles. The van der Waals surface area contributed by atoms with Crippen molar-refractivity contribution in [2.24, 2.45) is 0 Å². The molecule has 0 bridgehead atoms. The zero-order valence-corrected chi connectivity index (χ0v) is 10.5. The summed E-state index contributed by atoms with van der Waals surface area (Å²) in [5.74, 6) is -0.972. The van der Waals surface area contributed by atoms with Crippen LogP contribution in [0.5, 0.6) is 5.75 Å². The van der Waals surface area contributed by atoms with Crippen molar-refractivity contribution in [1.82, 2.24) is 0 Å². The second-order valence-electron chi connectivity index (χ2n) is 3.08. The summed E-state index contributed by atoms with van der Waals surface area (Å²) >= 11 is 3.02. The van der Waals surface area contributed by atoms with Gasteiger partial charge >= 0.3 is 11.7 Å². The Bertz CT molecular complexity index is 504. The highest BCUT2D eigenvalue weighted by atomic mass is 79.9. The zero-order chi connectivity index (χ0) is 13.7. The van der Waals surface area contributed by atoms with Crippen molar-refractivity contribution in [3.8, 4) is 5.75 Å². The van der Waals surface area contributed by atoms with E-state index in [1.807, 2.05) is 0 Å². The Morgan fingerprint density at radius 1 is 1.28 bits per heavy atom. The number of nitro groups is 2. The normalized spacial score (nSPS) is 9.83. The number of ether oxygens (including phenoxy) is 1. The van der Waals surface area contributed by atoms with Gasteiger partial charge in [0.1, 0.15) is 0 Å². The average Bonchev–Trinajstić information content (AvgIpc) is 2.29. The van der Waals surface area contributed by atoms with Crippen molar-refractivity contribution in [1.29, 1.82) is 0 Å². The first kappa shape index (κ1) is 14.0. The van der Waals surface area contributed by atoms with Gasteiger partial charge in [0.15, 0.2) is 0 Å². The Morgan fingerprint density at radius 2 is 1.94 bits per heavy atom. The van der Waals surface area contributed by atoms with E-state index in [1.165, 1.54) is 0 Å². The molecule has 0 unspecified atom stereocenters. The molecule has 1 aromatic carbocycles. The molecule has 1 rings (SSSR count). The van der Waals surface area contributed by atoms with Crippen LogP contribution in [0.25, 0.3) is 0 Å². The number of esters is 1. The molecule has 0 aliphatic carbocycles. The van der Waals surface area contributed by atoms with Crippen LogP contribution >= 0.6 is 15.9 Å². The minimum atomic E-state index is -0.844. The van der Waals surface area contributed by atoms with Crippen molar-refractivity contribution >= 4 is 33.3 Å². The number of nitrogens with zero attached hydrogens (tertiary/aromatic N) is 2. The molecule has 1 aromatic rings. The third-order valence-electron chi connectivity index (χ3n) is 1.87. The Hall–Kier alpha value is -2.03. The van der Waals surface area contributed by atoms with Gasteiger partial charge in [0.2, 0.25) is 5.75 Å². The van der Waals surface area contributed by atoms with Gasteiger partial charge in [-0.05, 0) is 6.07 Å². The molecular weight excluding hydrogens is 312 g/mol. The van der Waals surface area contributed by atoms with Crippen LogP contribution in [0.15, 0.2) is 18.2 Å². The lowest BCUT2D eigenvalue weighted by molar-refractivity contribution is -0.394. The number of rotatable bonds is 5. The third kappa shape index (κ3) is 3.48. The summed E-state index contributed by atoms with van der Waals surface area (Å²) in [7, 11) is 0. The summed E-state index contributed by atoms with van der Waals surface area (Å²) in [6, 6.07) is 2.81. The molecule has 0 saturated carbocycles. The molecule has 8 nitrogen and oxygen atoms in total. The van der Waals surface area contributed by atoms with Gasteiger partial charge in [-0.3, -0.25) is 25.0 Å². The highest BCUT2D eigenvalue weighted by Crippen LogP contribution is 2.31. The molecule has 96 valence electrons. The van der Waals surface area contributed by atoms with Crippen LogP contribution in [0.2, 0.25) is 0 Å². The summed E-state index contributed by atoms with van der Waals surface area (Å²) in [6.45, 7) is 0. The fourth-order valence-electron chi connectivity index (χ4n) is 1.10. The Balaban J connectivity index is 3.08. The van der Waals surface area contributed by atoms with Gasteiger partial charge in [0.05, 0.1) is 22.3 Å². The van der Waals surface area contributed by atoms with Gasteiger partial charge < -0.3 is 4.74 Å². The van der Waals surface area contributed by atoms with Gasteiger partial charge in [0, 0.05) is 11.4 Å². The van der Waals surface area contributed by atoms with Crippen molar-refractivity contribution in [3.05, 3.63) is 38.4 Å². The second kappa shape index (κ2) is 6.05. The molecule has 0 N–H and O–H groups in total. The highest BCUT2D eigenvalue weighted by molar-refractivity contribution is 9.09. The lowest BCUT2D eigenvalue weighted by Gasteiger charge is -2.03. The van der Waals surface area contributed by atoms with Crippen molar-refractivity contribution in [3.63, 3.8) is 0 Å². The van der Waals surface area contributed by atoms with Crippen LogP contribution in [0.1, 0.15) is 6.42 Å². The molecule has 18 heavy (non-hydrogen) atoms. The monoisotopic (exact) mass is 318 g/mol. The summed E-state index contributed by atoms with van der Waals surface area (Å²) in [6.07, 6.45) is 0.0359. The summed E-state index contributed by atoms with van der Waals surface area (Å²) in [5, 5.41) is 21.6. The van der Waals surface area contributed by atoms with Gasteiger partial charge in [-0.2, -0.15) is 0 Å². The zero-order valence-electron chi connectivity index (χ0n) is 8.87. The fraction of sp³-hybridized carbons (Fsp3) is 0.222. The molecule has 0 atom stereocenters. The highest BCUT2D eigenvalue weighted by Gasteiger charge is 2.22. The van der Waals surface area contributed by atoms with Crippen LogP contribution in [0, 0.1) is 20.2 Å². The molecule has 0 fully saturated rings. The van der Waals surface area contributed by atoms with Crippen LogP contribution < -0.4 is 4.74 Å². The Labute approximate surface area is 109 Å². The van der Waals surface area contributed by atoms with Crippen molar-refractivity contribution in [2.75, 3.05) is 5.33 Å². The average molecular weight is 319 g/mol. The summed E-state index contributed by atoms with van der Waals surface area (Å²) < 4.78 is 4.75. The van der Waals surface area contributed by atoms with E-state index >= 15 is 0 Å². The SMILES string of the molecule is O=C(CCBr)Oc1ccc([N+](=O)[O-])cc1[N+](=O)[O-]. The molecular formula is C9H7BrN2O6. The molecule has 0 saturated heterocycles. The first-order chi connectivity index (χ1) is 8.45. The number of non-ortho nitro benzene ring substituents is 1. The maximum atomic E-state index is 11.2. The molecule has 9 heteroatoms. The quantitative estimate of drug-likeness (QED) is 0.270. The van der Waals surface area contributed by atoms with E-state index in [1.54, 1.807) is 0 Å². The predicted molar refractivity (Wildman–Crippen MR) is 63.8 cm³/mol. The lowest BCUT2D eigenvalue weighted by Crippen LogP contribution is -2.09. The van der Waals surface area contributed by atoms with Gasteiger partial charge in [0.25, 0.3) is 5.69 Å². The number of carbonyl (C=O) groups excluding carboxylic acids is 1. The molecule has 0 spiro atoms. The number of benzene rings is 1. The van der Waals surface area contributed by atoms with Crippen molar-refractivity contribution in [2.45, 2.75) is 6.42 Å². The third-order valence-corrected chi connectivity index (χ3v) is 2.27. The number of nitro benzene ring substituents is 2. The second-order valence-corrected chi connectivity index (χ2v) is 3.87. The predicted octanol–water partition coefficient (Wildman–Crippen LogP) is 2.19. The molecule has 0 radical (unpaired) electrons. The standard InChI is InChI=1S/C9H7BrN2O6/c10-4-3-9(13)18-8-2-1-6(11(14)15)5-7(8)12(16)17/h1-2,5H,3-4H2. The number of hydrogen-bond acceptors (Lipinski definition) is 6. The lowest BCUT2D eigenvalue weighted by atomic mass is 10.2. The maximum Gasteiger partial charge on any atom is 0.318 e. The topological polar surface area (TPSA) is 113 Å². The van der Waals surface area contributed by atoms with Crippen LogP contribution in [-0.2, 0) is 4.79 Å². The van der Waals surface area contributed by atoms with Gasteiger partial charge in [-0.1, -0.05) is 15.9 Å². The molecule has 0 amide bonds. The van der Waals surface area contributed by atoms with E-state index in [0.29, 0.717) is 5.33 Å². The van der Waals surface area contributed by atoms with Crippen LogP contribution in [0.3, 0.4) is 0 Å². The summed E-state index contributed by atoms with van der Waals surface area (Å²) in [4.78, 5) is 30.8. The van der Waals surface area contributed by atoms with E-state index in [9.17, 15) is 25.0 Å². The number of hydrogen-bond donors (Lipinski definition) is 0. The molecule has 0 heterocycles. The Kier molecular flexibility index (Phi) is 4.72. The van der Waals surface area contributed by atoms with E-state index < -0.39 is 27.2 Å². The van der Waals surface area contributed by atoms with Crippen molar-refractivity contribution < 1.29 is 19.4 Å².